The number of nitrogens with two attached hydrogens (primary N) is 1. The molecule has 3 aliphatic rings. The number of ether oxygens (including phenoxy) is 3. The number of carbonyl (C=O) groups excluding carboxylic acids is 11. The third-order valence-corrected chi connectivity index (χ3v) is 22.1. The molecule has 28 nitrogen and oxygen atoms in total. The zero-order valence-corrected chi connectivity index (χ0v) is 65.2. The average molecular weight is 1510 g/mol. The lowest BCUT2D eigenvalue weighted by atomic mass is 9.89. The fourth-order valence-corrected chi connectivity index (χ4v) is 15.4. The van der Waals surface area contributed by atoms with E-state index in [0.29, 0.717) is 42.7 Å². The molecule has 106 heavy (non-hydrogen) atoms. The van der Waals surface area contributed by atoms with Gasteiger partial charge < -0.3 is 71.7 Å². The number of halogens is 2. The molecule has 0 spiro atoms. The van der Waals surface area contributed by atoms with Crippen LogP contribution >= 0.6 is 11.8 Å². The fourth-order valence-electron chi connectivity index (χ4n) is 14.0. The van der Waals surface area contributed by atoms with Gasteiger partial charge in [0.1, 0.15) is 36.4 Å². The number of methoxy groups -OCH3 is 2. The molecule has 12 atom stereocenters. The lowest BCUT2D eigenvalue weighted by molar-refractivity contribution is -0.148. The van der Waals surface area contributed by atoms with Gasteiger partial charge in [0.25, 0.3) is 0 Å². The van der Waals surface area contributed by atoms with Gasteiger partial charge in [0.15, 0.2) is 0 Å². The maximum Gasteiger partial charge on any atom is 0.410 e. The van der Waals surface area contributed by atoms with Crippen molar-refractivity contribution in [3.63, 3.8) is 0 Å². The molecule has 1 saturated carbocycles. The molecule has 2 unspecified atom stereocenters. The number of carboxylic acid groups (broad SMARTS) is 1. The number of amides is 12. The van der Waals surface area contributed by atoms with Gasteiger partial charge in [-0.1, -0.05) is 93.4 Å². The first-order chi connectivity index (χ1) is 50.0. The van der Waals surface area contributed by atoms with Gasteiger partial charge in [-0.25, -0.2) is 18.4 Å². The molecule has 1 aliphatic carbocycles. The number of rotatable bonds is 44. The number of hydrogen-bond donors (Lipinski definition) is 8. The number of nitrogens with zero attached hydrogens (tertiary/aromatic N) is 5. The summed E-state index contributed by atoms with van der Waals surface area (Å²) in [6.07, 6.45) is 0.912. The maximum atomic E-state index is 15.2. The largest absolute Gasteiger partial charge is 0.481 e. The van der Waals surface area contributed by atoms with Crippen LogP contribution in [0.25, 0.3) is 0 Å². The molecule has 2 aromatic carbocycles. The van der Waals surface area contributed by atoms with Crippen LogP contribution in [0.1, 0.15) is 157 Å². The Balaban J connectivity index is 1.25. The summed E-state index contributed by atoms with van der Waals surface area (Å²) in [6.45, 7) is 16.4. The molecule has 2 saturated heterocycles. The van der Waals surface area contributed by atoms with Crippen LogP contribution in [0.5, 0.6) is 0 Å². The van der Waals surface area contributed by atoms with Gasteiger partial charge in [0, 0.05) is 84.3 Å². The van der Waals surface area contributed by atoms with Crippen LogP contribution < -0.4 is 37.6 Å². The number of benzene rings is 2. The van der Waals surface area contributed by atoms with Crippen LogP contribution in [0.2, 0.25) is 0 Å². The molecule has 2 aromatic rings. The van der Waals surface area contributed by atoms with Crippen LogP contribution in [-0.2, 0) is 75.2 Å². The number of aliphatic carboxylic acids is 1. The van der Waals surface area contributed by atoms with E-state index in [4.69, 9.17) is 19.9 Å². The SMILES string of the molecule is CC[C@H](C)C([C@@H](CC(=O)N1C[C@@H](N(C)C(=O)OCc2ccc(NC(=O)[C@H](CCCNC(N)=O)NC(=O)[C@@H](NC(=O)CCCCCN3C(=O)CC(SCC4(CC(=O)O)CC4)C3=O)C(C)C)cc2)C[C@H]1[C@H](OC)[C@@H](C)C(=O)NCCc1c(F)cccc1F)OC)N(C)C(=O)[C@@H](NC(=O)[C@H](C(C)C)N(C)C)C(C)C. The lowest BCUT2D eigenvalue weighted by Crippen LogP contribution is -2.59. The average Bonchev–Trinajstić information content (AvgIpc) is 1.62. The zero-order chi connectivity index (χ0) is 79.0. The van der Waals surface area contributed by atoms with E-state index in [1.54, 1.807) is 80.9 Å². The summed E-state index contributed by atoms with van der Waals surface area (Å²) in [6, 6.07) is 3.17. The number of imide groups is 1. The summed E-state index contributed by atoms with van der Waals surface area (Å²) in [7, 11) is 9.60. The number of hydrogen-bond acceptors (Lipinski definition) is 17. The van der Waals surface area contributed by atoms with E-state index in [1.807, 2.05) is 41.5 Å². The molecule has 9 N–H and O–H groups in total. The third kappa shape index (κ3) is 25.6. The first-order valence-electron chi connectivity index (χ1n) is 36.9. The second-order valence-electron chi connectivity index (χ2n) is 29.8. The fraction of sp³-hybridized carbons (Fsp3) is 0.680. The van der Waals surface area contributed by atoms with E-state index < -0.39 is 131 Å². The van der Waals surface area contributed by atoms with Gasteiger partial charge in [-0.15, -0.1) is 11.8 Å². The van der Waals surface area contributed by atoms with Crippen molar-refractivity contribution in [3.8, 4) is 0 Å². The Bertz CT molecular complexity index is 3320. The second kappa shape index (κ2) is 41.9. The summed E-state index contributed by atoms with van der Waals surface area (Å²) in [5.41, 5.74) is 5.59. The van der Waals surface area contributed by atoms with Crippen molar-refractivity contribution >= 4 is 88.7 Å². The Morgan fingerprint density at radius 3 is 1.98 bits per heavy atom. The van der Waals surface area contributed by atoms with E-state index in [2.05, 4.69) is 31.9 Å². The molecule has 0 bridgehead atoms. The van der Waals surface area contributed by atoms with Gasteiger partial charge in [-0.3, -0.25) is 57.7 Å². The summed E-state index contributed by atoms with van der Waals surface area (Å²) in [4.78, 5) is 169. The van der Waals surface area contributed by atoms with E-state index in [1.165, 1.54) is 48.9 Å². The highest BCUT2D eigenvalue weighted by molar-refractivity contribution is 8.00. The summed E-state index contributed by atoms with van der Waals surface area (Å²) in [5.74, 6) is -7.78. The molecule has 12 amide bonds. The summed E-state index contributed by atoms with van der Waals surface area (Å²) < 4.78 is 47.2. The summed E-state index contributed by atoms with van der Waals surface area (Å²) in [5, 5.41) is 25.3. The quantitative estimate of drug-likeness (QED) is 0.0270. The van der Waals surface area contributed by atoms with Crippen LogP contribution in [-0.4, -0.2) is 235 Å². The number of carbonyl (C=O) groups is 12. The number of urea groups is 1. The van der Waals surface area contributed by atoms with Crippen LogP contribution in [0.15, 0.2) is 42.5 Å². The Morgan fingerprint density at radius 1 is 0.764 bits per heavy atom. The number of primary amides is 1. The number of likely N-dealkylation sites (N-methyl/N-ethyl adjacent to an activating group) is 3. The van der Waals surface area contributed by atoms with Crippen molar-refractivity contribution in [1.29, 1.82) is 0 Å². The van der Waals surface area contributed by atoms with E-state index in [0.717, 1.165) is 25.0 Å². The minimum Gasteiger partial charge on any atom is -0.481 e. The highest BCUT2D eigenvalue weighted by Crippen LogP contribution is 2.52. The minimum absolute atomic E-state index is 0.0361. The van der Waals surface area contributed by atoms with Crippen molar-refractivity contribution in [1.82, 2.24) is 51.1 Å². The van der Waals surface area contributed by atoms with Gasteiger partial charge in [-0.2, -0.15) is 0 Å². The molecule has 31 heteroatoms. The topological polar surface area (TPSA) is 367 Å². The monoisotopic (exact) mass is 1510 g/mol. The van der Waals surface area contributed by atoms with Crippen LogP contribution in [0.4, 0.5) is 24.1 Å². The Kier molecular flexibility index (Phi) is 35.0. The Labute approximate surface area is 626 Å². The molecule has 3 fully saturated rings. The molecular formula is C75H116F2N12O16S. The van der Waals surface area contributed by atoms with Gasteiger partial charge in [0.2, 0.25) is 53.2 Å². The first kappa shape index (κ1) is 88.6. The van der Waals surface area contributed by atoms with Crippen molar-refractivity contribution in [2.24, 2.45) is 40.7 Å². The first-order valence-corrected chi connectivity index (χ1v) is 37.9. The number of nitrogens with one attached hydrogen (secondary N) is 6. The predicted octanol–water partition coefficient (Wildman–Crippen LogP) is 6.21. The molecular weight excluding hydrogens is 1390 g/mol. The number of carboxylic acids is 1. The minimum atomic E-state index is -1.16. The Morgan fingerprint density at radius 2 is 1.42 bits per heavy atom. The predicted molar refractivity (Wildman–Crippen MR) is 396 cm³/mol. The molecule has 2 aliphatic heterocycles. The highest BCUT2D eigenvalue weighted by atomic mass is 32.2. The molecule has 592 valence electrons. The lowest BCUT2D eigenvalue weighted by Gasteiger charge is -2.41. The summed E-state index contributed by atoms with van der Waals surface area (Å²) >= 11 is 1.34. The molecule has 5 rings (SSSR count). The van der Waals surface area contributed by atoms with E-state index in [-0.39, 0.29) is 137 Å². The number of anilines is 1. The standard InChI is InChI=1S/C75H116F2N12O16S/c1-16-46(8)65(87(13)72(100)63(44(4)5)84-70(98)64(45(6)7)85(10)11)56(103-14)37-59(91)89-40-50(36-55(89)66(104-15)47(9)67(95)79-34-30-51-52(76)22-20-23-53(51)77)86(12)74(102)105-41-48-26-28-49(29-27-48)81-68(96)54(24-21-33-80-73(78)101)82-69(97)62(43(2)3)83-58(90)25-18-17-19-35-88-60(92)38-57(71(88)99)106-42-75(31-32-75)39-61(93)94/h20,22-23,26-29,43-47,50,54-57,62-66H,16-19,21,24-25,30-42H2,1-15H3,(H,79,95)(H,81,96)(H,82,97)(H,83,90)(H,84,98)(H,93,94)(H3,78,80,101)/t46-,47+,50-,54-,55-,56+,57?,62-,63-,64-,65?,66+/m0/s1. The second-order valence-corrected chi connectivity index (χ2v) is 31.0. The molecule has 0 radical (unpaired) electrons. The number of likely N-dealkylation sites (tertiary alicyclic amines) is 2. The zero-order valence-electron chi connectivity index (χ0n) is 64.4. The van der Waals surface area contributed by atoms with Crippen molar-refractivity contribution in [2.45, 2.75) is 219 Å². The van der Waals surface area contributed by atoms with Crippen molar-refractivity contribution in [3.05, 3.63) is 65.2 Å². The van der Waals surface area contributed by atoms with E-state index in [9.17, 15) is 66.6 Å². The van der Waals surface area contributed by atoms with Gasteiger partial charge >= 0.3 is 18.1 Å². The van der Waals surface area contributed by atoms with E-state index >= 15 is 4.79 Å². The number of unbranched alkanes of at least 4 members (excludes halogenated alkanes) is 2. The van der Waals surface area contributed by atoms with Crippen molar-refractivity contribution < 1.29 is 85.6 Å². The van der Waals surface area contributed by atoms with Gasteiger partial charge in [-0.05, 0) is 124 Å². The van der Waals surface area contributed by atoms with Crippen LogP contribution in [0.3, 0.4) is 0 Å². The smallest absolute Gasteiger partial charge is 0.410 e. The number of thioether (sulfide) groups is 1. The van der Waals surface area contributed by atoms with Gasteiger partial charge in [0.05, 0.1) is 60.4 Å². The normalized spacial score (nSPS) is 18.8. The highest BCUT2D eigenvalue weighted by Gasteiger charge is 2.49. The molecule has 2 heterocycles. The molecule has 0 aromatic heterocycles. The third-order valence-electron chi connectivity index (χ3n) is 20.6. The Hall–Kier alpha value is -8.03. The maximum absolute atomic E-state index is 15.2. The van der Waals surface area contributed by atoms with Crippen molar-refractivity contribution in [2.75, 3.05) is 79.7 Å². The van der Waals surface area contributed by atoms with Crippen LogP contribution in [0, 0.1) is 46.6 Å².